The third-order valence-corrected chi connectivity index (χ3v) is 1.23. The Morgan fingerprint density at radius 2 is 0.769 bits per heavy atom. The van der Waals surface area contributed by atoms with Crippen LogP contribution in [0, 0.1) is 0 Å². The second-order valence-corrected chi connectivity index (χ2v) is 2.18. The van der Waals surface area contributed by atoms with Crippen LogP contribution in [0.15, 0.2) is 67.0 Å². The van der Waals surface area contributed by atoms with Gasteiger partial charge in [-0.3, -0.25) is 4.98 Å². The zero-order valence-electron chi connectivity index (χ0n) is 7.21. The first-order valence-electron chi connectivity index (χ1n) is 3.85. The summed E-state index contributed by atoms with van der Waals surface area (Å²) in [5.74, 6) is 0. The van der Waals surface area contributed by atoms with Crippen LogP contribution < -0.4 is 0 Å². The van der Waals surface area contributed by atoms with Crippen molar-refractivity contribution in [1.82, 2.24) is 4.98 Å². The molecule has 0 radical (unpaired) electrons. The summed E-state index contributed by atoms with van der Waals surface area (Å²) in [6, 6.07) is 17.7. The average Bonchev–Trinajstić information content (AvgIpc) is 2.24. The maximum Gasteiger partial charge on any atom is 0.0267 e. The number of aromatic nitrogens is 1. The molecule has 0 spiro atoms. The van der Waals surface area contributed by atoms with E-state index in [1.165, 1.54) is 0 Å². The van der Waals surface area contributed by atoms with E-state index in [-0.39, 0.29) is 12.4 Å². The summed E-state index contributed by atoms with van der Waals surface area (Å²) in [4.78, 5) is 3.78. The van der Waals surface area contributed by atoms with Gasteiger partial charge in [-0.2, -0.15) is 0 Å². The maximum absolute atomic E-state index is 3.78. The molecule has 0 unspecified atom stereocenters. The van der Waals surface area contributed by atoms with Gasteiger partial charge >= 0.3 is 0 Å². The lowest BCUT2D eigenvalue weighted by molar-refractivity contribution is 1.33. The third kappa shape index (κ3) is 7.04. The van der Waals surface area contributed by atoms with Gasteiger partial charge in [-0.1, -0.05) is 42.5 Å². The highest BCUT2D eigenvalue weighted by molar-refractivity contribution is 5.85. The summed E-state index contributed by atoms with van der Waals surface area (Å²) >= 11 is 0. The van der Waals surface area contributed by atoms with Gasteiger partial charge in [0.05, 0.1) is 0 Å². The standard InChI is InChI=1S/C6H6.C5H5N.ClH/c2*1-2-4-6-5-3-1;/h1-6H;1-5H;1H. The SMILES string of the molecule is Cl.c1ccccc1.c1ccncc1. The third-order valence-electron chi connectivity index (χ3n) is 1.23. The fraction of sp³-hybridized carbons (Fsp3) is 0. The number of pyridine rings is 1. The predicted molar refractivity (Wildman–Crippen MR) is 57.9 cm³/mol. The smallest absolute Gasteiger partial charge is 0.0267 e. The van der Waals surface area contributed by atoms with Gasteiger partial charge in [-0.05, 0) is 12.1 Å². The monoisotopic (exact) mass is 193 g/mol. The van der Waals surface area contributed by atoms with E-state index in [2.05, 4.69) is 4.98 Å². The first kappa shape index (κ1) is 11.7. The van der Waals surface area contributed by atoms with Crippen molar-refractivity contribution in [3.05, 3.63) is 67.0 Å². The molecule has 0 aliphatic carbocycles. The van der Waals surface area contributed by atoms with Gasteiger partial charge in [-0.25, -0.2) is 0 Å². The van der Waals surface area contributed by atoms with Gasteiger partial charge in [0, 0.05) is 12.4 Å². The largest absolute Gasteiger partial charge is 0.265 e. The quantitative estimate of drug-likeness (QED) is 0.626. The van der Waals surface area contributed by atoms with Crippen LogP contribution in [0.3, 0.4) is 0 Å². The molecule has 0 atom stereocenters. The molecule has 0 amide bonds. The van der Waals surface area contributed by atoms with Crippen molar-refractivity contribution < 1.29 is 0 Å². The lowest BCUT2D eigenvalue weighted by Gasteiger charge is -1.70. The van der Waals surface area contributed by atoms with E-state index in [0.29, 0.717) is 0 Å². The van der Waals surface area contributed by atoms with E-state index in [9.17, 15) is 0 Å². The summed E-state index contributed by atoms with van der Waals surface area (Å²) in [7, 11) is 0. The van der Waals surface area contributed by atoms with E-state index < -0.39 is 0 Å². The average molecular weight is 194 g/mol. The molecule has 2 rings (SSSR count). The lowest BCUT2D eigenvalue weighted by atomic mass is 10.4. The van der Waals surface area contributed by atoms with Crippen molar-refractivity contribution in [2.24, 2.45) is 0 Å². The molecule has 2 heteroatoms. The second-order valence-electron chi connectivity index (χ2n) is 2.18. The Bertz CT molecular complexity index is 185. The molecule has 0 aliphatic heterocycles. The highest BCUT2D eigenvalue weighted by Gasteiger charge is 1.58. The second kappa shape index (κ2) is 8.75. The van der Waals surface area contributed by atoms with Crippen LogP contribution in [0.2, 0.25) is 0 Å². The topological polar surface area (TPSA) is 12.9 Å². The fourth-order valence-electron chi connectivity index (χ4n) is 0.698. The molecular formula is C11H12ClN. The van der Waals surface area contributed by atoms with E-state index in [4.69, 9.17) is 0 Å². The summed E-state index contributed by atoms with van der Waals surface area (Å²) < 4.78 is 0. The summed E-state index contributed by atoms with van der Waals surface area (Å²) in [5.41, 5.74) is 0. The van der Waals surface area contributed by atoms with Gasteiger partial charge in [0.1, 0.15) is 0 Å². The zero-order chi connectivity index (χ0) is 8.49. The van der Waals surface area contributed by atoms with E-state index in [0.717, 1.165) is 0 Å². The van der Waals surface area contributed by atoms with Crippen LogP contribution in [-0.4, -0.2) is 4.98 Å². The van der Waals surface area contributed by atoms with Gasteiger partial charge in [-0.15, -0.1) is 12.4 Å². The number of rotatable bonds is 0. The van der Waals surface area contributed by atoms with Crippen molar-refractivity contribution in [2.75, 3.05) is 0 Å². The molecule has 2 aromatic rings. The lowest BCUT2D eigenvalue weighted by Crippen LogP contribution is -1.58. The van der Waals surface area contributed by atoms with E-state index in [1.54, 1.807) is 12.4 Å². The summed E-state index contributed by atoms with van der Waals surface area (Å²) in [6.45, 7) is 0. The molecule has 13 heavy (non-hydrogen) atoms. The van der Waals surface area contributed by atoms with Crippen LogP contribution in [0.4, 0.5) is 0 Å². The molecule has 1 heterocycles. The highest BCUT2D eigenvalue weighted by atomic mass is 35.5. The van der Waals surface area contributed by atoms with Crippen molar-refractivity contribution >= 4 is 12.4 Å². The maximum atomic E-state index is 3.78. The molecular weight excluding hydrogens is 182 g/mol. The summed E-state index contributed by atoms with van der Waals surface area (Å²) in [6.07, 6.45) is 3.50. The fourth-order valence-corrected chi connectivity index (χ4v) is 0.698. The Balaban J connectivity index is 0.000000206. The number of hydrogen-bond acceptors (Lipinski definition) is 1. The van der Waals surface area contributed by atoms with Crippen LogP contribution >= 0.6 is 12.4 Å². The Labute approximate surface area is 84.9 Å². The number of halogens is 1. The first-order valence-corrected chi connectivity index (χ1v) is 3.85. The van der Waals surface area contributed by atoms with Gasteiger partial charge in [0.2, 0.25) is 0 Å². The normalized spacial score (nSPS) is 7.38. The minimum absolute atomic E-state index is 0. The minimum Gasteiger partial charge on any atom is -0.265 e. The van der Waals surface area contributed by atoms with E-state index in [1.807, 2.05) is 54.6 Å². The zero-order valence-corrected chi connectivity index (χ0v) is 8.02. The van der Waals surface area contributed by atoms with Crippen molar-refractivity contribution in [2.45, 2.75) is 0 Å². The van der Waals surface area contributed by atoms with E-state index >= 15 is 0 Å². The minimum atomic E-state index is 0. The summed E-state index contributed by atoms with van der Waals surface area (Å²) in [5, 5.41) is 0. The number of nitrogens with zero attached hydrogens (tertiary/aromatic N) is 1. The Morgan fingerprint density at radius 1 is 0.462 bits per heavy atom. The molecule has 0 fully saturated rings. The molecule has 1 aromatic heterocycles. The Morgan fingerprint density at radius 3 is 0.923 bits per heavy atom. The molecule has 1 aromatic carbocycles. The Hall–Kier alpha value is -1.34. The highest BCUT2D eigenvalue weighted by Crippen LogP contribution is 1.79. The van der Waals surface area contributed by atoms with Crippen molar-refractivity contribution in [3.8, 4) is 0 Å². The van der Waals surface area contributed by atoms with Gasteiger partial charge in [0.15, 0.2) is 0 Å². The number of hydrogen-bond donors (Lipinski definition) is 0. The van der Waals surface area contributed by atoms with Gasteiger partial charge < -0.3 is 0 Å². The predicted octanol–water partition coefficient (Wildman–Crippen LogP) is 3.19. The van der Waals surface area contributed by atoms with Gasteiger partial charge in [0.25, 0.3) is 0 Å². The number of benzene rings is 1. The molecule has 68 valence electrons. The molecule has 1 nitrogen and oxygen atoms in total. The molecule has 0 N–H and O–H groups in total. The first-order chi connectivity index (χ1) is 6.00. The van der Waals surface area contributed by atoms with Crippen molar-refractivity contribution in [1.29, 1.82) is 0 Å². The van der Waals surface area contributed by atoms with Crippen LogP contribution in [-0.2, 0) is 0 Å². The van der Waals surface area contributed by atoms with Crippen LogP contribution in [0.25, 0.3) is 0 Å². The molecule has 0 aliphatic rings. The van der Waals surface area contributed by atoms with Crippen molar-refractivity contribution in [3.63, 3.8) is 0 Å². The molecule has 0 saturated carbocycles. The van der Waals surface area contributed by atoms with Crippen LogP contribution in [0.1, 0.15) is 0 Å². The Kier molecular flexibility index (Phi) is 7.85. The molecule has 0 saturated heterocycles. The molecule has 0 bridgehead atoms. The van der Waals surface area contributed by atoms with Crippen LogP contribution in [0.5, 0.6) is 0 Å².